The van der Waals surface area contributed by atoms with Crippen LogP contribution in [0.4, 0.5) is 18.9 Å². The van der Waals surface area contributed by atoms with Crippen molar-refractivity contribution < 1.29 is 27.4 Å². The number of carbonyl (C=O) groups excluding carboxylic acids is 1. The van der Waals surface area contributed by atoms with Crippen molar-refractivity contribution in [2.45, 2.75) is 51.6 Å². The van der Waals surface area contributed by atoms with E-state index in [0.717, 1.165) is 25.0 Å². The summed E-state index contributed by atoms with van der Waals surface area (Å²) >= 11 is 3.45. The van der Waals surface area contributed by atoms with Crippen LogP contribution < -0.4 is 14.8 Å². The average Bonchev–Trinajstić information content (AvgIpc) is 2.82. The molecule has 5 nitrogen and oxygen atoms in total. The zero-order valence-electron chi connectivity index (χ0n) is 19.7. The van der Waals surface area contributed by atoms with Crippen molar-refractivity contribution in [3.63, 3.8) is 0 Å². The van der Waals surface area contributed by atoms with E-state index in [2.05, 4.69) is 28.2 Å². The maximum atomic E-state index is 12.9. The van der Waals surface area contributed by atoms with Crippen molar-refractivity contribution in [3.05, 3.63) is 57.6 Å². The van der Waals surface area contributed by atoms with Crippen LogP contribution in [-0.4, -0.2) is 19.6 Å². The topological polar surface area (TPSA) is 71.3 Å². The molecule has 1 amide bonds. The molecule has 2 aromatic rings. The molecular weight excluding hydrogens is 525 g/mol. The molecular formula is C26H28BrF3N2O3. The first kappa shape index (κ1) is 28.2. The second kappa shape index (κ2) is 13.8. The number of benzene rings is 2. The van der Waals surface area contributed by atoms with E-state index in [9.17, 15) is 23.2 Å². The van der Waals surface area contributed by atoms with Crippen LogP contribution in [0.3, 0.4) is 0 Å². The number of hydrogen-bond donors (Lipinski definition) is 1. The number of unbranched alkanes of at least 4 members (excludes halogenated alkanes) is 5. The van der Waals surface area contributed by atoms with Gasteiger partial charge in [0, 0.05) is 5.69 Å². The van der Waals surface area contributed by atoms with Gasteiger partial charge in [0.15, 0.2) is 11.5 Å². The largest absolute Gasteiger partial charge is 0.493 e. The fourth-order valence-corrected chi connectivity index (χ4v) is 3.88. The van der Waals surface area contributed by atoms with Gasteiger partial charge in [-0.15, -0.1) is 0 Å². The maximum Gasteiger partial charge on any atom is 0.416 e. The number of anilines is 1. The normalized spacial score (nSPS) is 11.6. The molecule has 9 heteroatoms. The number of halogens is 4. The predicted molar refractivity (Wildman–Crippen MR) is 133 cm³/mol. The van der Waals surface area contributed by atoms with Crippen LogP contribution in [0.25, 0.3) is 6.08 Å². The van der Waals surface area contributed by atoms with E-state index in [1.54, 1.807) is 18.2 Å². The van der Waals surface area contributed by atoms with Gasteiger partial charge < -0.3 is 14.8 Å². The second-order valence-electron chi connectivity index (χ2n) is 7.85. The molecule has 0 spiro atoms. The van der Waals surface area contributed by atoms with Gasteiger partial charge in [-0.05, 0) is 64.3 Å². The number of nitriles is 1. The van der Waals surface area contributed by atoms with E-state index >= 15 is 0 Å². The quantitative estimate of drug-likeness (QED) is 0.166. The number of nitrogens with one attached hydrogen (secondary N) is 1. The van der Waals surface area contributed by atoms with Crippen molar-refractivity contribution in [3.8, 4) is 17.6 Å². The molecule has 2 aromatic carbocycles. The first-order valence-corrected chi connectivity index (χ1v) is 12.1. The van der Waals surface area contributed by atoms with Gasteiger partial charge in [-0.2, -0.15) is 18.4 Å². The molecule has 0 fully saturated rings. The summed E-state index contributed by atoms with van der Waals surface area (Å²) in [5.74, 6) is 0.114. The van der Waals surface area contributed by atoms with Gasteiger partial charge >= 0.3 is 6.18 Å². The van der Waals surface area contributed by atoms with Gasteiger partial charge in [-0.3, -0.25) is 4.79 Å². The SMILES string of the molecule is CCCCCCCCOc1c(Br)cc(/C=C(\C#N)C(=O)Nc2cccc(C(F)(F)F)c2)cc1OC. The number of methoxy groups -OCH3 is 1. The summed E-state index contributed by atoms with van der Waals surface area (Å²) in [6, 6.07) is 9.29. The van der Waals surface area contributed by atoms with Gasteiger partial charge in [-0.1, -0.05) is 45.1 Å². The minimum atomic E-state index is -4.55. The van der Waals surface area contributed by atoms with Crippen LogP contribution in [0, 0.1) is 11.3 Å². The number of alkyl halides is 3. The first-order valence-electron chi connectivity index (χ1n) is 11.3. The summed E-state index contributed by atoms with van der Waals surface area (Å²) in [4.78, 5) is 12.5. The van der Waals surface area contributed by atoms with Crippen molar-refractivity contribution in [2.24, 2.45) is 0 Å². The van der Waals surface area contributed by atoms with Crippen molar-refractivity contribution in [2.75, 3.05) is 19.0 Å². The molecule has 0 unspecified atom stereocenters. The second-order valence-corrected chi connectivity index (χ2v) is 8.71. The van der Waals surface area contributed by atoms with Crippen LogP contribution in [0.2, 0.25) is 0 Å². The summed E-state index contributed by atoms with van der Waals surface area (Å²) in [6.45, 7) is 2.70. The lowest BCUT2D eigenvalue weighted by Crippen LogP contribution is -2.14. The predicted octanol–water partition coefficient (Wildman–Crippen LogP) is 7.76. The Morgan fingerprint density at radius 1 is 1.14 bits per heavy atom. The van der Waals surface area contributed by atoms with Gasteiger partial charge in [0.2, 0.25) is 0 Å². The summed E-state index contributed by atoms with van der Waals surface area (Å²) in [5, 5.41) is 11.8. The lowest BCUT2D eigenvalue weighted by molar-refractivity contribution is -0.137. The molecule has 0 aromatic heterocycles. The molecule has 0 atom stereocenters. The Balaban J connectivity index is 2.12. The molecule has 188 valence electrons. The highest BCUT2D eigenvalue weighted by Crippen LogP contribution is 2.37. The fraction of sp³-hybridized carbons (Fsp3) is 0.385. The fourth-order valence-electron chi connectivity index (χ4n) is 3.31. The summed E-state index contributed by atoms with van der Waals surface area (Å²) in [5.41, 5.74) is -0.764. The number of rotatable bonds is 12. The van der Waals surface area contributed by atoms with Gasteiger partial charge in [-0.25, -0.2) is 0 Å². The molecule has 0 aliphatic rings. The van der Waals surface area contributed by atoms with Gasteiger partial charge in [0.05, 0.1) is 23.8 Å². The van der Waals surface area contributed by atoms with E-state index in [4.69, 9.17) is 9.47 Å². The first-order chi connectivity index (χ1) is 16.7. The van der Waals surface area contributed by atoms with Crippen LogP contribution in [-0.2, 0) is 11.0 Å². The smallest absolute Gasteiger partial charge is 0.416 e. The number of amides is 1. The van der Waals surface area contributed by atoms with Crippen LogP contribution in [0.5, 0.6) is 11.5 Å². The zero-order chi connectivity index (χ0) is 25.8. The van der Waals surface area contributed by atoms with E-state index in [1.807, 2.05) is 0 Å². The molecule has 0 heterocycles. The molecule has 0 aliphatic heterocycles. The number of ether oxygens (including phenoxy) is 2. The van der Waals surface area contributed by atoms with E-state index < -0.39 is 17.6 Å². The van der Waals surface area contributed by atoms with Crippen LogP contribution >= 0.6 is 15.9 Å². The Kier molecular flexibility index (Phi) is 11.1. The molecule has 0 radical (unpaired) electrons. The molecule has 0 saturated heterocycles. The van der Waals surface area contributed by atoms with E-state index in [0.29, 0.717) is 28.1 Å². The highest BCUT2D eigenvalue weighted by atomic mass is 79.9. The number of hydrogen-bond acceptors (Lipinski definition) is 4. The van der Waals surface area contributed by atoms with E-state index in [1.165, 1.54) is 51.0 Å². The minimum absolute atomic E-state index is 0.0665. The highest BCUT2D eigenvalue weighted by Gasteiger charge is 2.30. The molecule has 35 heavy (non-hydrogen) atoms. The van der Waals surface area contributed by atoms with Crippen molar-refractivity contribution in [1.82, 2.24) is 0 Å². The lowest BCUT2D eigenvalue weighted by Gasteiger charge is -2.14. The number of carbonyl (C=O) groups is 1. The maximum absolute atomic E-state index is 12.9. The van der Waals surface area contributed by atoms with E-state index in [-0.39, 0.29) is 11.3 Å². The Morgan fingerprint density at radius 3 is 2.51 bits per heavy atom. The van der Waals surface area contributed by atoms with Crippen molar-refractivity contribution >= 4 is 33.6 Å². The Morgan fingerprint density at radius 2 is 1.86 bits per heavy atom. The highest BCUT2D eigenvalue weighted by molar-refractivity contribution is 9.10. The average molecular weight is 553 g/mol. The van der Waals surface area contributed by atoms with Crippen LogP contribution in [0.1, 0.15) is 56.6 Å². The third-order valence-electron chi connectivity index (χ3n) is 5.12. The third-order valence-corrected chi connectivity index (χ3v) is 5.71. The van der Waals surface area contributed by atoms with Gasteiger partial charge in [0.25, 0.3) is 5.91 Å². The Bertz CT molecular complexity index is 1080. The lowest BCUT2D eigenvalue weighted by atomic mass is 10.1. The van der Waals surface area contributed by atoms with Crippen LogP contribution in [0.15, 0.2) is 46.4 Å². The third kappa shape index (κ3) is 8.95. The molecule has 0 bridgehead atoms. The molecule has 1 N–H and O–H groups in total. The summed E-state index contributed by atoms with van der Waals surface area (Å²) < 4.78 is 50.6. The molecule has 2 rings (SSSR count). The zero-order valence-corrected chi connectivity index (χ0v) is 21.3. The molecule has 0 aliphatic carbocycles. The van der Waals surface area contributed by atoms with Gasteiger partial charge in [0.1, 0.15) is 11.6 Å². The Labute approximate surface area is 212 Å². The van der Waals surface area contributed by atoms with Crippen molar-refractivity contribution in [1.29, 1.82) is 5.26 Å². The minimum Gasteiger partial charge on any atom is -0.493 e. The Hall–Kier alpha value is -2.99. The number of nitrogens with zero attached hydrogens (tertiary/aromatic N) is 1. The summed E-state index contributed by atoms with van der Waals surface area (Å²) in [6.07, 6.45) is 3.58. The summed E-state index contributed by atoms with van der Waals surface area (Å²) in [7, 11) is 1.48. The standard InChI is InChI=1S/C26H28BrF3N2O3/c1-3-4-5-6-7-8-12-35-24-22(27)14-18(15-23(24)34-2)13-19(17-31)25(33)32-21-11-9-10-20(16-21)26(28,29)30/h9-11,13-16H,3-8,12H2,1-2H3,(H,32,33)/b19-13+. The monoisotopic (exact) mass is 552 g/mol. The molecule has 0 saturated carbocycles.